The molecule has 0 N–H and O–H groups in total. The molecule has 8 rings (SSSR count). The molecule has 0 heterocycles. The highest BCUT2D eigenvalue weighted by Crippen LogP contribution is 2.29. The molecule has 0 fully saturated rings. The van der Waals surface area contributed by atoms with Crippen LogP contribution in [0.15, 0.2) is 254 Å². The second kappa shape index (κ2) is 31.9. The number of para-hydroxylation sites is 4. The zero-order valence-electron chi connectivity index (χ0n) is 41.5. The van der Waals surface area contributed by atoms with Gasteiger partial charge in [0.2, 0.25) is 24.3 Å². The number of hydrogen-bond acceptors (Lipinski definition) is 16. The Morgan fingerprint density at radius 3 is 0.842 bits per heavy atom. The monoisotopic (exact) mass is 996 g/mol. The largest absolute Gasteiger partial charge is 0.240 e. The fourth-order valence-electron chi connectivity index (χ4n) is 6.04. The molecule has 16 nitrogen and oxygen atoms in total. The Balaban J connectivity index is 0.000000196. The zero-order chi connectivity index (χ0) is 54.0. The van der Waals surface area contributed by atoms with Crippen LogP contribution in [0.2, 0.25) is 0 Å². The fourth-order valence-corrected chi connectivity index (χ4v) is 6.04. The van der Waals surface area contributed by atoms with Crippen LogP contribution >= 0.6 is 0 Å². The van der Waals surface area contributed by atoms with E-state index in [0.717, 1.165) is 62.2 Å². The van der Waals surface area contributed by atoms with Gasteiger partial charge < -0.3 is 0 Å². The van der Waals surface area contributed by atoms with E-state index >= 15 is 0 Å². The molecular weight excluding hydrogens is 953 g/mol. The molecule has 0 saturated carbocycles. The molecule has 0 aliphatic rings. The summed E-state index contributed by atoms with van der Waals surface area (Å²) in [6, 6.07) is 70.5. The van der Waals surface area contributed by atoms with E-state index < -0.39 is 0 Å². The first kappa shape index (κ1) is 55.7. The normalized spacial score (nSPS) is 9.11. The SMILES string of the molecule is Cc1c(N=C=Nc2ccccc2)cccc1N=C=Nc1ccccc1.Cc1c(N=C=O)cccc1N=C=O.Cc1ccc(N=C=Nc2ccccc2)cc1N=C=Nc1ccccc1.Cc1ccc(N=C=O)cc1N=C=O. The number of benzene rings is 8. The van der Waals surface area contributed by atoms with Crippen molar-refractivity contribution in [2.75, 3.05) is 0 Å². The molecule has 0 atom stereocenters. The zero-order valence-corrected chi connectivity index (χ0v) is 41.5. The van der Waals surface area contributed by atoms with E-state index in [0.29, 0.717) is 28.3 Å². The minimum Gasteiger partial charge on any atom is -0.211 e. The molecule has 0 aliphatic heterocycles. The molecule has 76 heavy (non-hydrogen) atoms. The second-order valence-electron chi connectivity index (χ2n) is 15.2. The summed E-state index contributed by atoms with van der Waals surface area (Å²) in [6.45, 7) is 7.44. The van der Waals surface area contributed by atoms with Gasteiger partial charge in [-0.3, -0.25) is 0 Å². The van der Waals surface area contributed by atoms with Crippen molar-refractivity contribution in [2.24, 2.45) is 59.9 Å². The fraction of sp³-hybridized carbons (Fsp3) is 0.0667. The van der Waals surface area contributed by atoms with Crippen molar-refractivity contribution in [2.45, 2.75) is 27.7 Å². The molecule has 0 saturated heterocycles. The number of carbonyl (C=O) groups excluding carboxylic acids is 4. The van der Waals surface area contributed by atoms with Gasteiger partial charge in [-0.1, -0.05) is 97.1 Å². The van der Waals surface area contributed by atoms with Crippen molar-refractivity contribution in [1.82, 2.24) is 0 Å². The summed E-state index contributed by atoms with van der Waals surface area (Å²) in [7, 11) is 0. The van der Waals surface area contributed by atoms with Gasteiger partial charge in [0.15, 0.2) is 0 Å². The smallest absolute Gasteiger partial charge is 0.211 e. The van der Waals surface area contributed by atoms with Crippen LogP contribution in [0.25, 0.3) is 0 Å². The van der Waals surface area contributed by atoms with Gasteiger partial charge in [0, 0.05) is 11.1 Å². The van der Waals surface area contributed by atoms with Crippen LogP contribution in [0.1, 0.15) is 22.3 Å². The van der Waals surface area contributed by atoms with E-state index in [1.54, 1.807) is 44.2 Å². The van der Waals surface area contributed by atoms with Crippen molar-refractivity contribution < 1.29 is 19.2 Å². The maximum atomic E-state index is 10.00. The lowest BCUT2D eigenvalue weighted by Crippen LogP contribution is -1.76. The number of hydrogen-bond donors (Lipinski definition) is 0. The Morgan fingerprint density at radius 2 is 0.500 bits per heavy atom. The van der Waals surface area contributed by atoms with Crippen LogP contribution in [0.3, 0.4) is 0 Å². The van der Waals surface area contributed by atoms with Crippen LogP contribution in [-0.4, -0.2) is 48.4 Å². The lowest BCUT2D eigenvalue weighted by Gasteiger charge is -2.00. The van der Waals surface area contributed by atoms with Gasteiger partial charge in [-0.2, -0.15) is 59.9 Å². The molecule has 16 heteroatoms. The van der Waals surface area contributed by atoms with Crippen molar-refractivity contribution in [1.29, 1.82) is 0 Å². The van der Waals surface area contributed by atoms with Crippen molar-refractivity contribution in [3.63, 3.8) is 0 Å². The molecule has 0 spiro atoms. The second-order valence-corrected chi connectivity index (χ2v) is 15.2. The first-order valence-corrected chi connectivity index (χ1v) is 22.8. The minimum atomic E-state index is 0.426. The summed E-state index contributed by atoms with van der Waals surface area (Å²) in [5.74, 6) is 0. The Hall–Kier alpha value is -11.2. The number of aryl methyl sites for hydroxylation is 2. The van der Waals surface area contributed by atoms with E-state index in [-0.39, 0.29) is 0 Å². The molecule has 8 aromatic rings. The van der Waals surface area contributed by atoms with Crippen LogP contribution in [0, 0.1) is 27.7 Å². The molecule has 8 aromatic carbocycles. The standard InChI is InChI=1S/2C21H16N4.2C9H6N2O2/c1-17-20(24-15-22-18-9-4-2-5-10-18)13-8-14-21(17)25-16-23-19-11-6-3-7-12-19;1-17-12-13-20(24-15-22-18-8-4-2-5-9-18)14-21(17)25-16-23-19-10-6-3-7-11-19;1-7-2-3-8(10-5-12)4-9(7)11-6-13;1-7-8(10-5-12)3-2-4-9(7)11-6-13/h2*2-14H,1H3;2*2-4H,1H3. The van der Waals surface area contributed by atoms with Crippen molar-refractivity contribution in [3.8, 4) is 0 Å². The van der Waals surface area contributed by atoms with E-state index in [4.69, 9.17) is 0 Å². The van der Waals surface area contributed by atoms with Crippen LogP contribution in [-0.2, 0) is 19.2 Å². The molecule has 0 aliphatic carbocycles. The Bertz CT molecular complexity index is 3490. The average molecular weight is 997 g/mol. The van der Waals surface area contributed by atoms with Gasteiger partial charge >= 0.3 is 0 Å². The lowest BCUT2D eigenvalue weighted by atomic mass is 10.1. The van der Waals surface area contributed by atoms with Gasteiger partial charge in [0.05, 0.1) is 68.2 Å². The third-order valence-electron chi connectivity index (χ3n) is 10.0. The topological polar surface area (TPSA) is 217 Å². The lowest BCUT2D eigenvalue weighted by molar-refractivity contribution is 0.564. The summed E-state index contributed by atoms with van der Waals surface area (Å²) in [6.07, 6.45) is 5.69. The van der Waals surface area contributed by atoms with E-state index in [1.165, 1.54) is 30.4 Å². The summed E-state index contributed by atoms with van der Waals surface area (Å²) >= 11 is 0. The maximum Gasteiger partial charge on any atom is 0.240 e. The van der Waals surface area contributed by atoms with Crippen LogP contribution in [0.5, 0.6) is 0 Å². The number of nitrogens with zero attached hydrogens (tertiary/aromatic N) is 12. The van der Waals surface area contributed by atoms with Crippen LogP contribution < -0.4 is 0 Å². The van der Waals surface area contributed by atoms with E-state index in [1.807, 2.05) is 172 Å². The van der Waals surface area contributed by atoms with E-state index in [2.05, 4.69) is 83.9 Å². The van der Waals surface area contributed by atoms with Crippen molar-refractivity contribution in [3.05, 3.63) is 216 Å². The predicted octanol–water partition coefficient (Wildman–Crippen LogP) is 16.4. The van der Waals surface area contributed by atoms with Gasteiger partial charge in [-0.25, -0.2) is 19.2 Å². The summed E-state index contributed by atoms with van der Waals surface area (Å²) in [5.41, 5.74) is 11.5. The average Bonchev–Trinajstić information content (AvgIpc) is 3.45. The molecule has 0 aromatic heterocycles. The highest BCUT2D eigenvalue weighted by molar-refractivity contribution is 5.69. The molecule has 0 amide bonds. The Morgan fingerprint density at radius 1 is 0.237 bits per heavy atom. The predicted molar refractivity (Wildman–Crippen MR) is 298 cm³/mol. The number of rotatable bonds is 12. The molecular formula is C60H44N12O4. The molecule has 0 radical (unpaired) electrons. The minimum absolute atomic E-state index is 0.426. The first-order chi connectivity index (χ1) is 37.2. The van der Waals surface area contributed by atoms with Gasteiger partial charge in [-0.15, -0.1) is 0 Å². The van der Waals surface area contributed by atoms with Crippen molar-refractivity contribution >= 4 is 117 Å². The number of isocyanates is 4. The summed E-state index contributed by atoms with van der Waals surface area (Å²) in [5, 5.41) is 0. The third-order valence-corrected chi connectivity index (χ3v) is 10.0. The third kappa shape index (κ3) is 19.5. The Kier molecular flexibility index (Phi) is 23.4. The highest BCUT2D eigenvalue weighted by atomic mass is 16.1. The first-order valence-electron chi connectivity index (χ1n) is 22.8. The highest BCUT2D eigenvalue weighted by Gasteiger charge is 2.03. The van der Waals surface area contributed by atoms with Crippen LogP contribution in [0.4, 0.5) is 68.2 Å². The molecule has 368 valence electrons. The van der Waals surface area contributed by atoms with Gasteiger partial charge in [0.25, 0.3) is 0 Å². The van der Waals surface area contributed by atoms with Gasteiger partial charge in [-0.05, 0) is 136 Å². The Labute approximate surface area is 438 Å². The summed E-state index contributed by atoms with van der Waals surface area (Å²) in [4.78, 5) is 87.5. The van der Waals surface area contributed by atoms with E-state index in [9.17, 15) is 19.2 Å². The van der Waals surface area contributed by atoms with Gasteiger partial charge in [0.1, 0.15) is 24.0 Å². The molecule has 0 unspecified atom stereocenters. The maximum absolute atomic E-state index is 10.00. The number of aliphatic imine (C=N–C) groups is 12. The molecule has 0 bridgehead atoms. The quantitative estimate of drug-likeness (QED) is 0.0861. The summed E-state index contributed by atoms with van der Waals surface area (Å²) < 4.78 is 0.